The number of methoxy groups -OCH3 is 1. The molecule has 6 bridgehead atoms. The summed E-state index contributed by atoms with van der Waals surface area (Å²) in [6, 6.07) is 17.4. The second kappa shape index (κ2) is 20.3. The van der Waals surface area contributed by atoms with E-state index in [4.69, 9.17) is 19.2 Å². The van der Waals surface area contributed by atoms with Crippen LogP contribution in [-0.2, 0) is 38.0 Å². The van der Waals surface area contributed by atoms with Gasteiger partial charge in [0.1, 0.15) is 0 Å². The van der Waals surface area contributed by atoms with Crippen molar-refractivity contribution in [1.29, 1.82) is 0 Å². The first-order valence-corrected chi connectivity index (χ1v) is 29.4. The first-order valence-electron chi connectivity index (χ1n) is 24.4. The Labute approximate surface area is 414 Å². The Bertz CT molecular complexity index is 2520. The van der Waals surface area contributed by atoms with Gasteiger partial charge in [0.05, 0.1) is 48.6 Å². The molecular weight excluding hydrogens is 990 g/mol. The van der Waals surface area contributed by atoms with Gasteiger partial charge in [-0.15, -0.1) is 0 Å². The van der Waals surface area contributed by atoms with Crippen LogP contribution in [0.4, 0.5) is 15.3 Å². The van der Waals surface area contributed by atoms with Crippen molar-refractivity contribution >= 4 is 43.1 Å². The minimum atomic E-state index is -2.27. The molecule has 4 fully saturated rings. The van der Waals surface area contributed by atoms with Gasteiger partial charge in [0.2, 0.25) is 0 Å². The Morgan fingerprint density at radius 3 is 2.68 bits per heavy atom. The number of pyridine rings is 1. The molecule has 4 aromatic rings. The molecule has 5 aliphatic heterocycles. The monoisotopic (exact) mass is 1060 g/mol. The molecule has 0 aliphatic carbocycles. The van der Waals surface area contributed by atoms with Crippen LogP contribution in [0.2, 0.25) is 0 Å². The number of fused-ring (bicyclic) bond motifs is 7. The minimum Gasteiger partial charge on any atom is -0.0563 e. The fourth-order valence-electron chi connectivity index (χ4n) is 10.9. The summed E-state index contributed by atoms with van der Waals surface area (Å²) >= 11 is -0.338. The third-order valence-electron chi connectivity index (χ3n) is 14.8. The summed E-state index contributed by atoms with van der Waals surface area (Å²) in [4.78, 5) is 63.2. The molecule has 7 heterocycles. The number of hydrogen-bond donors (Lipinski definition) is 2. The Morgan fingerprint density at radius 2 is 1.88 bits per heavy atom. The summed E-state index contributed by atoms with van der Waals surface area (Å²) in [5.74, 6) is -0.377. The summed E-state index contributed by atoms with van der Waals surface area (Å²) < 4.78 is 20.4. The van der Waals surface area contributed by atoms with Gasteiger partial charge in [-0.3, -0.25) is 9.88 Å². The van der Waals surface area contributed by atoms with Gasteiger partial charge in [0.25, 0.3) is 0 Å². The molecule has 68 heavy (non-hydrogen) atoms. The Kier molecular flexibility index (Phi) is 14.6. The number of hydrazine groups is 1. The van der Waals surface area contributed by atoms with Gasteiger partial charge >= 0.3 is 237 Å². The number of aromatic nitrogens is 2. The van der Waals surface area contributed by atoms with E-state index in [0.29, 0.717) is 44.4 Å². The predicted molar refractivity (Wildman–Crippen MR) is 263 cm³/mol. The molecule has 2 aromatic heterocycles. The zero-order valence-corrected chi connectivity index (χ0v) is 44.4. The molecule has 1 unspecified atom stereocenters. The number of alkyl halides is 2. The Hall–Kier alpha value is -4.11. The van der Waals surface area contributed by atoms with Crippen LogP contribution in [-0.4, -0.2) is 163 Å². The third-order valence-corrected chi connectivity index (χ3v) is 20.1. The van der Waals surface area contributed by atoms with E-state index in [1.165, 1.54) is 5.56 Å². The normalized spacial score (nSPS) is 25.0. The number of nitrogens with zero attached hydrogens (tertiary/aromatic N) is 7. The van der Waals surface area contributed by atoms with E-state index in [0.717, 1.165) is 109 Å². The van der Waals surface area contributed by atoms with Gasteiger partial charge in [-0.1, -0.05) is 13.8 Å². The number of anilines is 1. The SMILES string of the molecule is CCn1c(-c2cc(N3CCN4CCOC[C@@H]4C3)cnc2[C@H](C)OC)c2c3cc(ccc31)-c1cccc(c1)C[Si](NC(=O)N1CCN(C)CC1(C)[I-]C)C(=O)N1CCC[C@H](N1)C(=O)OCC(C)(C)C2. The number of urea groups is 1. The topological polar surface area (TPSA) is 137 Å². The smallest absolute Gasteiger partial charge is 0.0563 e. The van der Waals surface area contributed by atoms with Crippen molar-refractivity contribution in [1.82, 2.24) is 39.7 Å². The van der Waals surface area contributed by atoms with Crippen molar-refractivity contribution in [3.05, 3.63) is 71.5 Å². The summed E-state index contributed by atoms with van der Waals surface area (Å²) in [5, 5.41) is 2.71. The summed E-state index contributed by atoms with van der Waals surface area (Å²) in [7, 11) is 1.58. The van der Waals surface area contributed by atoms with E-state index in [9.17, 15) is 14.4 Å². The standard InChI is InChI=1S/C51H70IN9O6Si/c1-9-59-44-16-15-37-25-40(44)42(46(59)41-26-38(28-53-45(41)34(2)65-8)58-20-19-57-22-23-66-30-39(57)29-58)27-50(3,4)33-67-47(62)43-14-11-17-61(54-43)49(64)68(31-35-12-10-13-36(37)24-35)55-48(63)60-21-18-56(7)32-51(60,5)52-6/h10,12-13,15-16,24-26,28,34,39,43,54H,9,11,14,17-23,27,29-33H2,1-8H3,(H,55,63)/q-1/t34-,39-,43-,51?/m0/s1. The molecule has 1 radical (unpaired) electrons. The molecular formula is C51H70IN9O6Si-. The summed E-state index contributed by atoms with van der Waals surface area (Å²) in [6.07, 6.45) is 3.54. The van der Waals surface area contributed by atoms with Gasteiger partial charge in [0, 0.05) is 56.3 Å². The summed E-state index contributed by atoms with van der Waals surface area (Å²) in [6.45, 7) is 19.5. The quantitative estimate of drug-likeness (QED) is 0.0931. The molecule has 3 amide bonds. The zero-order chi connectivity index (χ0) is 47.9. The number of amides is 3. The number of aryl methyl sites for hydroxylation is 1. The average molecular weight is 1060 g/mol. The molecule has 5 aliphatic rings. The number of esters is 1. The second-order valence-corrected chi connectivity index (χ2v) is 25.6. The number of rotatable bonds is 7. The van der Waals surface area contributed by atoms with Gasteiger partial charge in [0.15, 0.2) is 0 Å². The number of likely N-dealkylation sites (N-methyl/N-ethyl adjacent to an activating group) is 1. The Morgan fingerprint density at radius 1 is 1.06 bits per heavy atom. The van der Waals surface area contributed by atoms with Crippen molar-refractivity contribution < 1.29 is 49.8 Å². The average Bonchev–Trinajstić information content (AvgIpc) is 3.65. The number of halogens is 1. The zero-order valence-electron chi connectivity index (χ0n) is 41.2. The number of hydrogen-bond acceptors (Lipinski definition) is 11. The van der Waals surface area contributed by atoms with E-state index in [1.807, 2.05) is 11.1 Å². The first kappa shape index (κ1) is 48.9. The third kappa shape index (κ3) is 9.95. The molecule has 4 saturated heterocycles. The van der Waals surface area contributed by atoms with Crippen molar-refractivity contribution in [2.45, 2.75) is 88.2 Å². The Balaban J connectivity index is 1.15. The number of carbonyl (C=O) groups excluding carboxylic acids is 3. The van der Waals surface area contributed by atoms with Gasteiger partial charge in [-0.2, -0.15) is 0 Å². The molecule has 2 N–H and O–H groups in total. The summed E-state index contributed by atoms with van der Waals surface area (Å²) in [5.41, 5.74) is 12.1. The number of piperazine rings is 2. The molecule has 15 nitrogen and oxygen atoms in total. The van der Waals surface area contributed by atoms with Crippen molar-refractivity contribution in [3.8, 4) is 22.4 Å². The maximum absolute atomic E-state index is 14.7. The number of ether oxygens (including phenoxy) is 3. The number of nitrogens with one attached hydrogen (secondary N) is 2. The van der Waals surface area contributed by atoms with E-state index in [1.54, 1.807) is 12.1 Å². The fraction of sp³-hybridized carbons (Fsp3) is 0.569. The van der Waals surface area contributed by atoms with E-state index in [-0.39, 0.29) is 55.0 Å². The van der Waals surface area contributed by atoms with E-state index in [2.05, 4.69) is 125 Å². The van der Waals surface area contributed by atoms with Gasteiger partial charge in [-0.25, -0.2) is 0 Å². The van der Waals surface area contributed by atoms with Crippen LogP contribution >= 0.6 is 0 Å². The van der Waals surface area contributed by atoms with Crippen LogP contribution in [0.3, 0.4) is 0 Å². The van der Waals surface area contributed by atoms with Crippen LogP contribution in [0.1, 0.15) is 70.4 Å². The molecule has 367 valence electrons. The fourth-order valence-corrected chi connectivity index (χ4v) is 14.7. The van der Waals surface area contributed by atoms with Crippen molar-refractivity contribution in [2.24, 2.45) is 5.41 Å². The van der Waals surface area contributed by atoms with Crippen LogP contribution in [0, 0.1) is 5.41 Å². The maximum atomic E-state index is 14.7. The van der Waals surface area contributed by atoms with E-state index >= 15 is 0 Å². The predicted octanol–water partition coefficient (Wildman–Crippen LogP) is 2.88. The van der Waals surface area contributed by atoms with Crippen LogP contribution in [0.5, 0.6) is 0 Å². The van der Waals surface area contributed by atoms with Crippen LogP contribution in [0.15, 0.2) is 54.7 Å². The molecule has 0 spiro atoms. The number of morpholine rings is 1. The molecule has 9 rings (SSSR count). The van der Waals surface area contributed by atoms with E-state index < -0.39 is 20.4 Å². The number of benzene rings is 2. The first-order chi connectivity index (χ1) is 32.7. The van der Waals surface area contributed by atoms with Crippen molar-refractivity contribution in [2.75, 3.05) is 96.2 Å². The molecule has 0 saturated carbocycles. The molecule has 17 heteroatoms. The van der Waals surface area contributed by atoms with Gasteiger partial charge in [-0.05, 0) is 31.9 Å². The minimum absolute atomic E-state index is 0.166. The second-order valence-electron chi connectivity index (χ2n) is 20.3. The number of carbonyl (C=O) groups is 3. The van der Waals surface area contributed by atoms with Gasteiger partial charge < -0.3 is 18.9 Å². The molecule has 2 aromatic carbocycles. The molecule has 4 atom stereocenters. The van der Waals surface area contributed by atoms with Crippen molar-refractivity contribution in [3.63, 3.8) is 0 Å². The van der Waals surface area contributed by atoms with Crippen LogP contribution < -0.4 is 36.5 Å². The number of cyclic esters (lactones) is 1. The van der Waals surface area contributed by atoms with Crippen LogP contribution in [0.25, 0.3) is 33.3 Å².